The summed E-state index contributed by atoms with van der Waals surface area (Å²) in [4.78, 5) is 0. The fourth-order valence-corrected chi connectivity index (χ4v) is 1.67. The molecule has 0 aliphatic heterocycles. The van der Waals surface area contributed by atoms with Crippen LogP contribution in [0.2, 0.25) is 0 Å². The van der Waals surface area contributed by atoms with Crippen LogP contribution in [-0.2, 0) is 15.9 Å². The number of aliphatic hydroxyl groups excluding tert-OH is 1. The third kappa shape index (κ3) is 6.71. The Balaban J connectivity index is 2.25. The number of rotatable bonds is 7. The molecule has 0 amide bonds. The quantitative estimate of drug-likeness (QED) is 0.771. The van der Waals surface area contributed by atoms with E-state index in [-0.39, 0.29) is 5.60 Å². The minimum Gasteiger partial charge on any atom is -0.386 e. The minimum atomic E-state index is -0.569. The lowest BCUT2D eigenvalue weighted by molar-refractivity contribution is -0.0477. The smallest absolute Gasteiger partial charge is 0.102 e. The van der Waals surface area contributed by atoms with E-state index < -0.39 is 6.10 Å². The fourth-order valence-electron chi connectivity index (χ4n) is 1.67. The lowest BCUT2D eigenvalue weighted by Crippen LogP contribution is -2.22. The van der Waals surface area contributed by atoms with Crippen LogP contribution in [0.4, 0.5) is 0 Å². The van der Waals surface area contributed by atoms with E-state index in [1.807, 2.05) is 45.0 Å². The molecule has 1 aromatic carbocycles. The molecule has 0 saturated heterocycles. The third-order valence-corrected chi connectivity index (χ3v) is 2.81. The van der Waals surface area contributed by atoms with E-state index in [4.69, 9.17) is 9.47 Å². The second-order valence-electron chi connectivity index (χ2n) is 5.65. The van der Waals surface area contributed by atoms with Crippen LogP contribution in [0.1, 0.15) is 44.9 Å². The standard InChI is InChI=1S/C16H26O3/c1-5-13-6-8-14(9-7-13)15(17)12-18-10-11-19-16(2,3)4/h6-9,15,17H,5,10-12H2,1-4H3. The van der Waals surface area contributed by atoms with E-state index in [1.165, 1.54) is 5.56 Å². The summed E-state index contributed by atoms with van der Waals surface area (Å²) in [6.45, 7) is 9.50. The lowest BCUT2D eigenvalue weighted by Gasteiger charge is -2.19. The van der Waals surface area contributed by atoms with Gasteiger partial charge in [-0.05, 0) is 38.3 Å². The highest BCUT2D eigenvalue weighted by Crippen LogP contribution is 2.14. The zero-order chi connectivity index (χ0) is 14.3. The van der Waals surface area contributed by atoms with Gasteiger partial charge in [0.05, 0.1) is 25.4 Å². The predicted octanol–water partition coefficient (Wildman–Crippen LogP) is 3.11. The highest BCUT2D eigenvalue weighted by molar-refractivity contribution is 5.24. The maximum Gasteiger partial charge on any atom is 0.102 e. The largest absolute Gasteiger partial charge is 0.386 e. The van der Waals surface area contributed by atoms with Gasteiger partial charge in [-0.15, -0.1) is 0 Å². The van der Waals surface area contributed by atoms with Crippen LogP contribution in [0, 0.1) is 0 Å². The van der Waals surface area contributed by atoms with Crippen molar-refractivity contribution in [3.8, 4) is 0 Å². The topological polar surface area (TPSA) is 38.7 Å². The summed E-state index contributed by atoms with van der Waals surface area (Å²) in [6, 6.07) is 8.00. The number of hydrogen-bond donors (Lipinski definition) is 1. The number of aryl methyl sites for hydroxylation is 1. The van der Waals surface area contributed by atoms with Crippen molar-refractivity contribution >= 4 is 0 Å². The molecule has 0 aromatic heterocycles. The summed E-state index contributed by atoms with van der Waals surface area (Å²) in [5, 5.41) is 9.98. The SMILES string of the molecule is CCc1ccc(C(O)COCCOC(C)(C)C)cc1. The van der Waals surface area contributed by atoms with E-state index in [0.29, 0.717) is 19.8 Å². The summed E-state index contributed by atoms with van der Waals surface area (Å²) in [5.41, 5.74) is 2.03. The zero-order valence-electron chi connectivity index (χ0n) is 12.5. The second-order valence-corrected chi connectivity index (χ2v) is 5.65. The molecular formula is C16H26O3. The van der Waals surface area contributed by atoms with Crippen LogP contribution < -0.4 is 0 Å². The molecule has 0 bridgehead atoms. The van der Waals surface area contributed by atoms with E-state index in [2.05, 4.69) is 6.92 Å². The molecule has 1 unspecified atom stereocenters. The first-order valence-corrected chi connectivity index (χ1v) is 6.91. The van der Waals surface area contributed by atoms with Crippen molar-refractivity contribution in [3.05, 3.63) is 35.4 Å². The second kappa shape index (κ2) is 7.63. The molecular weight excluding hydrogens is 240 g/mol. The van der Waals surface area contributed by atoms with Crippen molar-refractivity contribution in [2.24, 2.45) is 0 Å². The molecule has 0 radical (unpaired) electrons. The van der Waals surface area contributed by atoms with Crippen LogP contribution in [0.25, 0.3) is 0 Å². The molecule has 108 valence electrons. The normalized spacial score (nSPS) is 13.5. The van der Waals surface area contributed by atoms with E-state index >= 15 is 0 Å². The van der Waals surface area contributed by atoms with Crippen LogP contribution in [-0.4, -0.2) is 30.5 Å². The van der Waals surface area contributed by atoms with Crippen molar-refractivity contribution in [3.63, 3.8) is 0 Å². The number of benzene rings is 1. The minimum absolute atomic E-state index is 0.141. The molecule has 3 heteroatoms. The van der Waals surface area contributed by atoms with Gasteiger partial charge in [0.15, 0.2) is 0 Å². The zero-order valence-corrected chi connectivity index (χ0v) is 12.5. The molecule has 0 aliphatic rings. The summed E-state index contributed by atoms with van der Waals surface area (Å²) in [7, 11) is 0. The first kappa shape index (κ1) is 16.2. The Morgan fingerprint density at radius 1 is 1.11 bits per heavy atom. The highest BCUT2D eigenvalue weighted by Gasteiger charge is 2.10. The van der Waals surface area contributed by atoms with Gasteiger partial charge in [0.25, 0.3) is 0 Å². The van der Waals surface area contributed by atoms with Gasteiger partial charge in [-0.3, -0.25) is 0 Å². The van der Waals surface area contributed by atoms with Crippen LogP contribution >= 0.6 is 0 Å². The fraction of sp³-hybridized carbons (Fsp3) is 0.625. The molecule has 1 aromatic rings. The number of hydrogen-bond acceptors (Lipinski definition) is 3. The van der Waals surface area contributed by atoms with Crippen molar-refractivity contribution in [2.45, 2.75) is 45.8 Å². The molecule has 1 N–H and O–H groups in total. The van der Waals surface area contributed by atoms with Gasteiger partial charge < -0.3 is 14.6 Å². The Bertz CT molecular complexity index is 351. The van der Waals surface area contributed by atoms with Crippen molar-refractivity contribution < 1.29 is 14.6 Å². The van der Waals surface area contributed by atoms with E-state index in [0.717, 1.165) is 12.0 Å². The molecule has 0 spiro atoms. The van der Waals surface area contributed by atoms with E-state index in [1.54, 1.807) is 0 Å². The van der Waals surface area contributed by atoms with Crippen molar-refractivity contribution in [2.75, 3.05) is 19.8 Å². The van der Waals surface area contributed by atoms with Gasteiger partial charge in [-0.1, -0.05) is 31.2 Å². The summed E-state index contributed by atoms with van der Waals surface area (Å²) >= 11 is 0. The molecule has 0 aliphatic carbocycles. The van der Waals surface area contributed by atoms with Crippen molar-refractivity contribution in [1.82, 2.24) is 0 Å². The molecule has 0 heterocycles. The van der Waals surface area contributed by atoms with Gasteiger partial charge in [0.1, 0.15) is 6.10 Å². The molecule has 3 nitrogen and oxygen atoms in total. The molecule has 1 rings (SSSR count). The average Bonchev–Trinajstić information content (AvgIpc) is 2.37. The molecule has 0 fully saturated rings. The van der Waals surface area contributed by atoms with Crippen LogP contribution in [0.5, 0.6) is 0 Å². The summed E-state index contributed by atoms with van der Waals surface area (Å²) in [5.74, 6) is 0. The maximum absolute atomic E-state index is 9.98. The van der Waals surface area contributed by atoms with Gasteiger partial charge in [0, 0.05) is 0 Å². The molecule has 0 saturated carbocycles. The number of ether oxygens (including phenoxy) is 2. The van der Waals surface area contributed by atoms with Crippen LogP contribution in [0.3, 0.4) is 0 Å². The first-order valence-electron chi connectivity index (χ1n) is 6.91. The predicted molar refractivity (Wildman–Crippen MR) is 77.3 cm³/mol. The Hall–Kier alpha value is -0.900. The lowest BCUT2D eigenvalue weighted by atomic mass is 10.1. The third-order valence-electron chi connectivity index (χ3n) is 2.81. The Kier molecular flexibility index (Phi) is 6.49. The van der Waals surface area contributed by atoms with Crippen LogP contribution in [0.15, 0.2) is 24.3 Å². The molecule has 19 heavy (non-hydrogen) atoms. The molecule has 1 atom stereocenters. The van der Waals surface area contributed by atoms with Gasteiger partial charge >= 0.3 is 0 Å². The monoisotopic (exact) mass is 266 g/mol. The summed E-state index contributed by atoms with van der Waals surface area (Å²) in [6.07, 6.45) is 0.442. The van der Waals surface area contributed by atoms with Crippen molar-refractivity contribution in [1.29, 1.82) is 0 Å². The average molecular weight is 266 g/mol. The van der Waals surface area contributed by atoms with Gasteiger partial charge in [0.2, 0.25) is 0 Å². The first-order chi connectivity index (χ1) is 8.92. The van der Waals surface area contributed by atoms with Gasteiger partial charge in [-0.2, -0.15) is 0 Å². The highest BCUT2D eigenvalue weighted by atomic mass is 16.5. The van der Waals surface area contributed by atoms with Gasteiger partial charge in [-0.25, -0.2) is 0 Å². The Labute approximate surface area is 116 Å². The Morgan fingerprint density at radius 2 is 1.74 bits per heavy atom. The Morgan fingerprint density at radius 3 is 2.26 bits per heavy atom. The number of aliphatic hydroxyl groups is 1. The maximum atomic E-state index is 9.98. The van der Waals surface area contributed by atoms with E-state index in [9.17, 15) is 5.11 Å². The summed E-state index contributed by atoms with van der Waals surface area (Å²) < 4.78 is 11.0.